The zero-order valence-corrected chi connectivity index (χ0v) is 27.9. The SMILES string of the molecule is C=CC(=O)NC(CC(=O)NC)C(=O)Nc1cccc(NC(=C)/N=C\C(=C/C)NC(=O)c2cc(NC(=O)c3cccc(C(F)(F)F)c3)ccc2C)c1. The van der Waals surface area contributed by atoms with Crippen molar-refractivity contribution in [3.05, 3.63) is 126 Å². The highest BCUT2D eigenvalue weighted by molar-refractivity contribution is 6.06. The third-order valence-electron chi connectivity index (χ3n) is 7.03. The first kappa shape index (κ1) is 38.9. The van der Waals surface area contributed by atoms with Gasteiger partial charge in [0.15, 0.2) is 0 Å². The van der Waals surface area contributed by atoms with Crippen LogP contribution in [0.3, 0.4) is 0 Å². The Kier molecular flexibility index (Phi) is 13.6. The molecule has 0 bridgehead atoms. The molecule has 0 fully saturated rings. The number of nitrogens with zero attached hydrogens (tertiary/aromatic N) is 1. The number of carbonyl (C=O) groups excluding carboxylic acids is 5. The van der Waals surface area contributed by atoms with E-state index in [2.05, 4.69) is 50.1 Å². The fourth-order valence-corrected chi connectivity index (χ4v) is 4.34. The number of nitrogens with one attached hydrogen (secondary N) is 6. The zero-order valence-electron chi connectivity index (χ0n) is 27.9. The van der Waals surface area contributed by atoms with E-state index >= 15 is 0 Å². The molecule has 0 aliphatic heterocycles. The Morgan fingerprint density at radius 3 is 2.20 bits per heavy atom. The largest absolute Gasteiger partial charge is 0.416 e. The fraction of sp³-hybridized carbons (Fsp3) is 0.167. The van der Waals surface area contributed by atoms with Crippen molar-refractivity contribution in [2.75, 3.05) is 23.0 Å². The highest BCUT2D eigenvalue weighted by Crippen LogP contribution is 2.30. The van der Waals surface area contributed by atoms with Crippen molar-refractivity contribution in [1.82, 2.24) is 16.0 Å². The maximum Gasteiger partial charge on any atom is 0.416 e. The Bertz CT molecular complexity index is 1900. The summed E-state index contributed by atoms with van der Waals surface area (Å²) in [6.45, 7) is 10.5. The summed E-state index contributed by atoms with van der Waals surface area (Å²) in [5.41, 5.74) is 0.931. The molecule has 5 amide bonds. The van der Waals surface area contributed by atoms with Crippen LogP contribution in [0, 0.1) is 6.92 Å². The summed E-state index contributed by atoms with van der Waals surface area (Å²) in [5, 5.41) is 15.7. The number of allylic oxidation sites excluding steroid dienone is 2. The van der Waals surface area contributed by atoms with Crippen LogP contribution in [-0.4, -0.2) is 48.8 Å². The van der Waals surface area contributed by atoms with E-state index < -0.39 is 47.3 Å². The smallest absolute Gasteiger partial charge is 0.359 e. The van der Waals surface area contributed by atoms with Gasteiger partial charge in [-0.25, -0.2) is 4.99 Å². The van der Waals surface area contributed by atoms with Crippen molar-refractivity contribution < 1.29 is 37.1 Å². The van der Waals surface area contributed by atoms with Gasteiger partial charge in [0.1, 0.15) is 11.9 Å². The number of aliphatic imine (C=N–C) groups is 1. The van der Waals surface area contributed by atoms with Crippen LogP contribution < -0.4 is 31.9 Å². The van der Waals surface area contributed by atoms with Gasteiger partial charge >= 0.3 is 6.18 Å². The first-order chi connectivity index (χ1) is 24.1. The molecule has 3 aromatic carbocycles. The van der Waals surface area contributed by atoms with E-state index in [0.717, 1.165) is 24.3 Å². The van der Waals surface area contributed by atoms with E-state index in [9.17, 15) is 37.1 Å². The Morgan fingerprint density at radius 1 is 0.882 bits per heavy atom. The van der Waals surface area contributed by atoms with Gasteiger partial charge in [-0.05, 0) is 74.0 Å². The van der Waals surface area contributed by atoms with Gasteiger partial charge in [0, 0.05) is 35.2 Å². The summed E-state index contributed by atoms with van der Waals surface area (Å²) in [7, 11) is 1.41. The lowest BCUT2D eigenvalue weighted by Crippen LogP contribution is -2.45. The Hall–Kier alpha value is -6.51. The fourth-order valence-electron chi connectivity index (χ4n) is 4.34. The van der Waals surface area contributed by atoms with Crippen LogP contribution in [0.4, 0.5) is 30.2 Å². The average Bonchev–Trinajstić information content (AvgIpc) is 3.10. The van der Waals surface area contributed by atoms with Crippen LogP contribution in [0.25, 0.3) is 0 Å². The number of carbonyl (C=O) groups is 5. The van der Waals surface area contributed by atoms with Crippen molar-refractivity contribution in [3.63, 3.8) is 0 Å². The minimum absolute atomic E-state index is 0.165. The molecule has 0 aromatic heterocycles. The second-order valence-electron chi connectivity index (χ2n) is 10.8. The molecule has 1 atom stereocenters. The molecule has 12 nitrogen and oxygen atoms in total. The van der Waals surface area contributed by atoms with Crippen LogP contribution >= 0.6 is 0 Å². The van der Waals surface area contributed by atoms with Gasteiger partial charge in [-0.15, -0.1) is 0 Å². The summed E-state index contributed by atoms with van der Waals surface area (Å²) in [5.74, 6) is -2.86. The number of rotatable bonds is 14. The third kappa shape index (κ3) is 11.8. The van der Waals surface area contributed by atoms with Gasteiger partial charge < -0.3 is 31.9 Å². The molecule has 0 spiro atoms. The molecule has 0 heterocycles. The molecule has 1 unspecified atom stereocenters. The number of aryl methyl sites for hydroxylation is 1. The first-order valence-corrected chi connectivity index (χ1v) is 15.2. The number of anilines is 3. The van der Waals surface area contributed by atoms with Crippen molar-refractivity contribution in [3.8, 4) is 0 Å². The molecule has 3 aromatic rings. The van der Waals surface area contributed by atoms with Crippen molar-refractivity contribution in [1.29, 1.82) is 0 Å². The molecular weight excluding hydrogens is 667 g/mol. The van der Waals surface area contributed by atoms with Gasteiger partial charge in [0.25, 0.3) is 11.8 Å². The van der Waals surface area contributed by atoms with Gasteiger partial charge in [-0.2, -0.15) is 13.2 Å². The molecule has 0 aliphatic rings. The second kappa shape index (κ2) is 17.8. The van der Waals surface area contributed by atoms with Crippen molar-refractivity contribution in [2.24, 2.45) is 4.99 Å². The highest BCUT2D eigenvalue weighted by atomic mass is 19.4. The van der Waals surface area contributed by atoms with Crippen LogP contribution in [0.15, 0.2) is 109 Å². The predicted octanol–water partition coefficient (Wildman–Crippen LogP) is 5.30. The lowest BCUT2D eigenvalue weighted by Gasteiger charge is -2.17. The summed E-state index contributed by atoms with van der Waals surface area (Å²) < 4.78 is 39.3. The quantitative estimate of drug-likeness (QED) is 0.0984. The van der Waals surface area contributed by atoms with Crippen molar-refractivity contribution in [2.45, 2.75) is 32.5 Å². The van der Waals surface area contributed by atoms with Crippen LogP contribution in [0.1, 0.15) is 45.2 Å². The van der Waals surface area contributed by atoms with Gasteiger partial charge in [-0.1, -0.05) is 37.4 Å². The number of benzene rings is 3. The molecule has 0 saturated heterocycles. The summed E-state index contributed by atoms with van der Waals surface area (Å²) in [6, 6.07) is 13.8. The first-order valence-electron chi connectivity index (χ1n) is 15.2. The van der Waals surface area contributed by atoms with Gasteiger partial charge in [0.05, 0.1) is 23.9 Å². The molecule has 15 heteroatoms. The lowest BCUT2D eigenvalue weighted by molar-refractivity contribution is -0.137. The maximum absolute atomic E-state index is 13.2. The zero-order chi connectivity index (χ0) is 37.7. The summed E-state index contributed by atoms with van der Waals surface area (Å²) >= 11 is 0. The van der Waals surface area contributed by atoms with Gasteiger partial charge in [-0.3, -0.25) is 24.0 Å². The van der Waals surface area contributed by atoms with E-state index in [1.807, 2.05) is 0 Å². The normalized spacial score (nSPS) is 11.9. The van der Waals surface area contributed by atoms with Crippen LogP contribution in [-0.2, 0) is 20.6 Å². The Labute approximate surface area is 292 Å². The molecular formula is C36H36F3N7O5. The number of hydrogen-bond donors (Lipinski definition) is 6. The van der Waals surface area contributed by atoms with E-state index in [-0.39, 0.29) is 29.1 Å². The minimum atomic E-state index is -4.61. The number of hydrogen-bond acceptors (Lipinski definition) is 7. The topological polar surface area (TPSA) is 170 Å². The number of halogens is 3. The molecule has 3 rings (SSSR count). The minimum Gasteiger partial charge on any atom is -0.359 e. The molecule has 266 valence electrons. The van der Waals surface area contributed by atoms with Crippen molar-refractivity contribution >= 4 is 52.8 Å². The standard InChI is InChI=1S/C36H36F3N7O5/c1-6-25(43-34(50)29-18-28(15-14-21(29)3)44-33(49)23-10-8-11-24(16-23)36(37,38)39)20-41-22(4)42-26-12-9-13-27(17-26)45-35(51)30(19-32(48)40-5)46-31(47)7-2/h6-18,20,30,42H,2,4,19H2,1,3,5H3,(H,40,48)(H,43,50)(H,44,49)(H,45,51)(H,46,47)/b25-6+,41-20-. The summed E-state index contributed by atoms with van der Waals surface area (Å²) in [6.07, 6.45) is -0.985. The maximum atomic E-state index is 13.2. The molecule has 0 saturated carbocycles. The predicted molar refractivity (Wildman–Crippen MR) is 189 cm³/mol. The van der Waals surface area contributed by atoms with E-state index in [1.165, 1.54) is 31.5 Å². The third-order valence-corrected chi connectivity index (χ3v) is 7.03. The number of amides is 5. The molecule has 6 N–H and O–H groups in total. The summed E-state index contributed by atoms with van der Waals surface area (Å²) in [4.78, 5) is 66.6. The van der Waals surface area contributed by atoms with E-state index in [0.29, 0.717) is 22.6 Å². The lowest BCUT2D eigenvalue weighted by atomic mass is 10.1. The highest BCUT2D eigenvalue weighted by Gasteiger charge is 2.31. The Balaban J connectivity index is 1.64. The molecule has 51 heavy (non-hydrogen) atoms. The number of alkyl halides is 3. The molecule has 0 radical (unpaired) electrons. The molecule has 0 aliphatic carbocycles. The van der Waals surface area contributed by atoms with E-state index in [1.54, 1.807) is 50.3 Å². The second-order valence-corrected chi connectivity index (χ2v) is 10.8. The van der Waals surface area contributed by atoms with Gasteiger partial charge in [0.2, 0.25) is 17.7 Å². The van der Waals surface area contributed by atoms with E-state index in [4.69, 9.17) is 0 Å². The van der Waals surface area contributed by atoms with Crippen LogP contribution in [0.2, 0.25) is 0 Å². The average molecular weight is 704 g/mol. The van der Waals surface area contributed by atoms with Crippen LogP contribution in [0.5, 0.6) is 0 Å². The monoisotopic (exact) mass is 703 g/mol. The Morgan fingerprint density at radius 2 is 1.55 bits per heavy atom.